The molecule has 0 spiro atoms. The molecule has 0 aliphatic rings. The number of amides is 1. The number of thioether (sulfide) groups is 1. The molecular formula is C11H14ClNO2S. The Morgan fingerprint density at radius 1 is 1.44 bits per heavy atom. The molecule has 0 N–H and O–H groups in total. The first-order valence-electron chi connectivity index (χ1n) is 4.78. The van der Waals surface area contributed by atoms with Crippen LogP contribution in [0.1, 0.15) is 6.92 Å². The number of hydroxylamine groups is 2. The summed E-state index contributed by atoms with van der Waals surface area (Å²) in [6.07, 6.45) is 0. The third-order valence-electron chi connectivity index (χ3n) is 2.06. The molecule has 1 aromatic rings. The highest BCUT2D eigenvalue weighted by Crippen LogP contribution is 2.25. The SMILES string of the molecule is CON(C)C(=O)C(C)Sc1ccc(Cl)cc1. The highest BCUT2D eigenvalue weighted by molar-refractivity contribution is 8.00. The van der Waals surface area contributed by atoms with Gasteiger partial charge in [-0.2, -0.15) is 0 Å². The second kappa shape index (κ2) is 6.13. The highest BCUT2D eigenvalue weighted by Gasteiger charge is 2.18. The Balaban J connectivity index is 2.60. The fourth-order valence-corrected chi connectivity index (χ4v) is 2.19. The summed E-state index contributed by atoms with van der Waals surface area (Å²) in [6, 6.07) is 7.40. The molecule has 0 aliphatic carbocycles. The average Bonchev–Trinajstić information content (AvgIpc) is 2.30. The fraction of sp³-hybridized carbons (Fsp3) is 0.364. The third kappa shape index (κ3) is 3.70. The maximum absolute atomic E-state index is 11.7. The smallest absolute Gasteiger partial charge is 0.259 e. The van der Waals surface area contributed by atoms with Crippen LogP contribution in [0.3, 0.4) is 0 Å². The average molecular weight is 260 g/mol. The van der Waals surface area contributed by atoms with Gasteiger partial charge in [-0.15, -0.1) is 11.8 Å². The van der Waals surface area contributed by atoms with Crippen molar-refractivity contribution in [1.82, 2.24) is 5.06 Å². The lowest BCUT2D eigenvalue weighted by Crippen LogP contribution is -2.32. The van der Waals surface area contributed by atoms with Crippen molar-refractivity contribution in [1.29, 1.82) is 0 Å². The fourth-order valence-electron chi connectivity index (χ4n) is 1.11. The lowest BCUT2D eigenvalue weighted by Gasteiger charge is -2.18. The van der Waals surface area contributed by atoms with E-state index < -0.39 is 0 Å². The molecule has 0 aliphatic heterocycles. The van der Waals surface area contributed by atoms with Crippen LogP contribution in [0.4, 0.5) is 0 Å². The van der Waals surface area contributed by atoms with Crippen LogP contribution in [0.2, 0.25) is 5.02 Å². The van der Waals surface area contributed by atoms with Gasteiger partial charge in [0.05, 0.1) is 12.4 Å². The summed E-state index contributed by atoms with van der Waals surface area (Å²) in [5.41, 5.74) is 0. The topological polar surface area (TPSA) is 29.5 Å². The molecule has 16 heavy (non-hydrogen) atoms. The minimum Gasteiger partial charge on any atom is -0.275 e. The third-order valence-corrected chi connectivity index (χ3v) is 3.41. The molecule has 1 rings (SSSR count). The van der Waals surface area contributed by atoms with E-state index in [1.807, 2.05) is 19.1 Å². The first-order chi connectivity index (χ1) is 7.54. The van der Waals surface area contributed by atoms with Gasteiger partial charge in [0, 0.05) is 17.0 Å². The summed E-state index contributed by atoms with van der Waals surface area (Å²) in [5.74, 6) is -0.0672. The predicted octanol–water partition coefficient (Wildman–Crippen LogP) is 2.84. The Kier molecular flexibility index (Phi) is 5.12. The van der Waals surface area contributed by atoms with Crippen molar-refractivity contribution in [3.05, 3.63) is 29.3 Å². The van der Waals surface area contributed by atoms with Crippen molar-refractivity contribution >= 4 is 29.3 Å². The highest BCUT2D eigenvalue weighted by atomic mass is 35.5. The maximum atomic E-state index is 11.7. The molecule has 1 aromatic carbocycles. The van der Waals surface area contributed by atoms with Crippen LogP contribution in [-0.2, 0) is 9.63 Å². The van der Waals surface area contributed by atoms with E-state index in [1.165, 1.54) is 23.9 Å². The Morgan fingerprint density at radius 2 is 2.00 bits per heavy atom. The van der Waals surface area contributed by atoms with E-state index in [1.54, 1.807) is 19.2 Å². The van der Waals surface area contributed by atoms with Gasteiger partial charge in [-0.3, -0.25) is 9.63 Å². The normalized spacial score (nSPS) is 12.2. The minimum absolute atomic E-state index is 0.0672. The van der Waals surface area contributed by atoms with Crippen LogP contribution in [0.15, 0.2) is 29.2 Å². The quantitative estimate of drug-likeness (QED) is 0.615. The van der Waals surface area contributed by atoms with E-state index in [2.05, 4.69) is 0 Å². The molecule has 0 bridgehead atoms. The number of halogens is 1. The molecule has 0 radical (unpaired) electrons. The minimum atomic E-state index is -0.189. The van der Waals surface area contributed by atoms with Gasteiger partial charge in [-0.05, 0) is 31.2 Å². The molecule has 5 heteroatoms. The number of benzene rings is 1. The number of carbonyl (C=O) groups excluding carboxylic acids is 1. The van der Waals surface area contributed by atoms with Crippen LogP contribution >= 0.6 is 23.4 Å². The molecule has 0 heterocycles. The van der Waals surface area contributed by atoms with Gasteiger partial charge < -0.3 is 0 Å². The summed E-state index contributed by atoms with van der Waals surface area (Å²) in [4.78, 5) is 17.5. The Labute approximate surface area is 105 Å². The standard InChI is InChI=1S/C11H14ClNO2S/c1-8(11(14)13(2)15-3)16-10-6-4-9(12)5-7-10/h4-8H,1-3H3. The van der Waals surface area contributed by atoms with Crippen LogP contribution < -0.4 is 0 Å². The van der Waals surface area contributed by atoms with E-state index >= 15 is 0 Å². The molecule has 0 saturated carbocycles. The second-order valence-electron chi connectivity index (χ2n) is 3.23. The van der Waals surface area contributed by atoms with Crippen molar-refractivity contribution in [2.45, 2.75) is 17.1 Å². The molecule has 1 atom stereocenters. The van der Waals surface area contributed by atoms with E-state index in [9.17, 15) is 4.79 Å². The first-order valence-corrected chi connectivity index (χ1v) is 6.04. The lowest BCUT2D eigenvalue weighted by atomic mass is 10.4. The van der Waals surface area contributed by atoms with Gasteiger partial charge in [0.25, 0.3) is 5.91 Å². The van der Waals surface area contributed by atoms with Gasteiger partial charge >= 0.3 is 0 Å². The van der Waals surface area contributed by atoms with Crippen molar-refractivity contribution in [3.63, 3.8) is 0 Å². The van der Waals surface area contributed by atoms with E-state index in [0.717, 1.165) is 4.90 Å². The Morgan fingerprint density at radius 3 is 2.50 bits per heavy atom. The van der Waals surface area contributed by atoms with E-state index in [0.29, 0.717) is 5.02 Å². The monoisotopic (exact) mass is 259 g/mol. The lowest BCUT2D eigenvalue weighted by molar-refractivity contribution is -0.167. The Bertz CT molecular complexity index is 356. The summed E-state index contributed by atoms with van der Waals surface area (Å²) in [7, 11) is 3.07. The molecule has 0 aromatic heterocycles. The van der Waals surface area contributed by atoms with Crippen molar-refractivity contribution in [3.8, 4) is 0 Å². The summed E-state index contributed by atoms with van der Waals surface area (Å²) < 4.78 is 0. The maximum Gasteiger partial charge on any atom is 0.259 e. The zero-order valence-corrected chi connectivity index (χ0v) is 11.0. The van der Waals surface area contributed by atoms with Crippen LogP contribution in [-0.4, -0.2) is 30.4 Å². The molecule has 1 unspecified atom stereocenters. The summed E-state index contributed by atoms with van der Waals surface area (Å²) >= 11 is 7.25. The molecule has 88 valence electrons. The molecule has 1 amide bonds. The number of hydrogen-bond donors (Lipinski definition) is 0. The van der Waals surface area contributed by atoms with Gasteiger partial charge in [-0.1, -0.05) is 11.6 Å². The number of hydrogen-bond acceptors (Lipinski definition) is 3. The zero-order chi connectivity index (χ0) is 12.1. The van der Waals surface area contributed by atoms with Crippen molar-refractivity contribution in [2.24, 2.45) is 0 Å². The van der Waals surface area contributed by atoms with Crippen LogP contribution in [0.25, 0.3) is 0 Å². The molecule has 3 nitrogen and oxygen atoms in total. The first kappa shape index (κ1) is 13.4. The van der Waals surface area contributed by atoms with Gasteiger partial charge in [0.2, 0.25) is 0 Å². The van der Waals surface area contributed by atoms with Crippen molar-refractivity contribution in [2.75, 3.05) is 14.2 Å². The predicted molar refractivity (Wildman–Crippen MR) is 66.6 cm³/mol. The van der Waals surface area contributed by atoms with E-state index in [-0.39, 0.29) is 11.2 Å². The Hall–Kier alpha value is -0.710. The van der Waals surface area contributed by atoms with Gasteiger partial charge in [0.1, 0.15) is 0 Å². The van der Waals surface area contributed by atoms with Crippen molar-refractivity contribution < 1.29 is 9.63 Å². The summed E-state index contributed by atoms with van der Waals surface area (Å²) in [5, 5.41) is 1.73. The van der Waals surface area contributed by atoms with Crippen LogP contribution in [0, 0.1) is 0 Å². The largest absolute Gasteiger partial charge is 0.275 e. The number of rotatable bonds is 4. The molecule has 0 saturated heterocycles. The number of nitrogens with zero attached hydrogens (tertiary/aromatic N) is 1. The number of carbonyl (C=O) groups is 1. The second-order valence-corrected chi connectivity index (χ2v) is 5.08. The molecule has 0 fully saturated rings. The summed E-state index contributed by atoms with van der Waals surface area (Å²) in [6.45, 7) is 1.84. The van der Waals surface area contributed by atoms with E-state index in [4.69, 9.17) is 16.4 Å². The zero-order valence-electron chi connectivity index (χ0n) is 9.44. The van der Waals surface area contributed by atoms with Crippen LogP contribution in [0.5, 0.6) is 0 Å². The van der Waals surface area contributed by atoms with Gasteiger partial charge in [0.15, 0.2) is 0 Å². The molecular weight excluding hydrogens is 246 g/mol. The van der Waals surface area contributed by atoms with Gasteiger partial charge in [-0.25, -0.2) is 5.06 Å².